The summed E-state index contributed by atoms with van der Waals surface area (Å²) in [6.07, 6.45) is 9.85. The van der Waals surface area contributed by atoms with E-state index in [1.54, 1.807) is 0 Å². The first-order valence-corrected chi connectivity index (χ1v) is 7.75. The van der Waals surface area contributed by atoms with Gasteiger partial charge in [-0.3, -0.25) is 4.90 Å². The Balaban J connectivity index is 1.59. The molecule has 17 heavy (non-hydrogen) atoms. The van der Waals surface area contributed by atoms with Gasteiger partial charge in [-0.15, -0.1) is 0 Å². The maximum absolute atomic E-state index is 3.81. The number of unbranched alkanes of at least 4 members (excludes halogenated alkanes) is 1. The zero-order chi connectivity index (χ0) is 12.1. The second-order valence-corrected chi connectivity index (χ2v) is 6.34. The van der Waals surface area contributed by atoms with Crippen molar-refractivity contribution in [1.82, 2.24) is 10.2 Å². The van der Waals surface area contributed by atoms with Crippen molar-refractivity contribution in [3.05, 3.63) is 0 Å². The third kappa shape index (κ3) is 3.96. The van der Waals surface area contributed by atoms with Gasteiger partial charge < -0.3 is 5.32 Å². The van der Waals surface area contributed by atoms with Crippen molar-refractivity contribution in [1.29, 1.82) is 0 Å². The van der Waals surface area contributed by atoms with Crippen LogP contribution in [0.25, 0.3) is 0 Å². The lowest BCUT2D eigenvalue weighted by molar-refractivity contribution is 0.180. The summed E-state index contributed by atoms with van der Waals surface area (Å²) in [5, 5.41) is 3.81. The monoisotopic (exact) mass is 238 g/mol. The largest absolute Gasteiger partial charge is 0.312 e. The molecule has 2 heteroatoms. The standard InChI is InChI=1S/C15H30N2/c1-13(2)7-3-5-10-16-14-9-12-17-11-6-4-8-15(14)17/h13-16H,3-12H2,1-2H3. The molecule has 0 radical (unpaired) electrons. The molecule has 0 aromatic heterocycles. The molecule has 2 aliphatic rings. The fraction of sp³-hybridized carbons (Fsp3) is 1.00. The van der Waals surface area contributed by atoms with E-state index < -0.39 is 0 Å². The molecule has 0 bridgehead atoms. The van der Waals surface area contributed by atoms with Crippen LogP contribution in [0.1, 0.15) is 58.8 Å². The second-order valence-electron chi connectivity index (χ2n) is 6.34. The number of nitrogens with zero attached hydrogens (tertiary/aromatic N) is 1. The molecule has 0 amide bonds. The van der Waals surface area contributed by atoms with E-state index in [-0.39, 0.29) is 0 Å². The lowest BCUT2D eigenvalue weighted by Crippen LogP contribution is -2.45. The Morgan fingerprint density at radius 1 is 1.12 bits per heavy atom. The van der Waals surface area contributed by atoms with Gasteiger partial charge in [0.25, 0.3) is 0 Å². The van der Waals surface area contributed by atoms with E-state index >= 15 is 0 Å². The Morgan fingerprint density at radius 2 is 2.00 bits per heavy atom. The molecule has 0 aliphatic carbocycles. The van der Waals surface area contributed by atoms with Crippen molar-refractivity contribution in [2.75, 3.05) is 19.6 Å². The van der Waals surface area contributed by atoms with Crippen LogP contribution in [0, 0.1) is 5.92 Å². The number of nitrogens with one attached hydrogen (secondary N) is 1. The van der Waals surface area contributed by atoms with Crippen LogP contribution in [0.5, 0.6) is 0 Å². The van der Waals surface area contributed by atoms with Crippen LogP contribution in [0.4, 0.5) is 0 Å². The lowest BCUT2D eigenvalue weighted by Gasteiger charge is -2.32. The Labute approximate surface area is 107 Å². The predicted octanol–water partition coefficient (Wildman–Crippen LogP) is 3.03. The molecule has 0 aromatic rings. The van der Waals surface area contributed by atoms with Crippen molar-refractivity contribution in [3.63, 3.8) is 0 Å². The van der Waals surface area contributed by atoms with Crippen LogP contribution in [0.15, 0.2) is 0 Å². The number of fused-ring (bicyclic) bond motifs is 1. The first kappa shape index (κ1) is 13.4. The van der Waals surface area contributed by atoms with Gasteiger partial charge in [-0.1, -0.05) is 33.1 Å². The van der Waals surface area contributed by atoms with Crippen molar-refractivity contribution < 1.29 is 0 Å². The lowest BCUT2D eigenvalue weighted by atomic mass is 9.99. The number of piperidine rings is 1. The van der Waals surface area contributed by atoms with E-state index in [0.29, 0.717) is 0 Å². The van der Waals surface area contributed by atoms with E-state index in [1.165, 1.54) is 64.6 Å². The molecule has 2 rings (SSSR count). The maximum Gasteiger partial charge on any atom is 0.0249 e. The summed E-state index contributed by atoms with van der Waals surface area (Å²) < 4.78 is 0. The number of hydrogen-bond acceptors (Lipinski definition) is 2. The Kier molecular flexibility index (Phi) is 5.30. The molecule has 2 fully saturated rings. The average molecular weight is 238 g/mol. The molecule has 2 aliphatic heterocycles. The van der Waals surface area contributed by atoms with Gasteiger partial charge in [0.2, 0.25) is 0 Å². The van der Waals surface area contributed by atoms with Gasteiger partial charge in [-0.05, 0) is 44.7 Å². The molecule has 2 heterocycles. The normalized spacial score (nSPS) is 29.8. The molecular formula is C15H30N2. The SMILES string of the molecule is CC(C)CCCCNC1CCN2CCCCC12. The minimum atomic E-state index is 0.800. The number of rotatable bonds is 6. The molecule has 2 saturated heterocycles. The van der Waals surface area contributed by atoms with Gasteiger partial charge in [0.05, 0.1) is 0 Å². The predicted molar refractivity (Wildman–Crippen MR) is 74.3 cm³/mol. The van der Waals surface area contributed by atoms with Crippen LogP contribution in [0.3, 0.4) is 0 Å². The minimum absolute atomic E-state index is 0.800. The summed E-state index contributed by atoms with van der Waals surface area (Å²) >= 11 is 0. The first-order valence-electron chi connectivity index (χ1n) is 7.75. The highest BCUT2D eigenvalue weighted by Gasteiger charge is 2.34. The Bertz CT molecular complexity index is 215. The van der Waals surface area contributed by atoms with Crippen molar-refractivity contribution in [3.8, 4) is 0 Å². The van der Waals surface area contributed by atoms with E-state index in [9.17, 15) is 0 Å². The third-order valence-corrected chi connectivity index (χ3v) is 4.47. The molecule has 2 unspecified atom stereocenters. The summed E-state index contributed by atoms with van der Waals surface area (Å²) in [4.78, 5) is 2.72. The Hall–Kier alpha value is -0.0800. The van der Waals surface area contributed by atoms with Crippen LogP contribution < -0.4 is 5.32 Å². The van der Waals surface area contributed by atoms with Gasteiger partial charge in [0.15, 0.2) is 0 Å². The van der Waals surface area contributed by atoms with E-state index in [2.05, 4.69) is 24.1 Å². The molecular weight excluding hydrogens is 208 g/mol. The maximum atomic E-state index is 3.81. The van der Waals surface area contributed by atoms with Crippen LogP contribution >= 0.6 is 0 Å². The molecule has 100 valence electrons. The second kappa shape index (κ2) is 6.75. The highest BCUT2D eigenvalue weighted by atomic mass is 15.2. The summed E-state index contributed by atoms with van der Waals surface area (Å²) in [7, 11) is 0. The van der Waals surface area contributed by atoms with Crippen LogP contribution in [0.2, 0.25) is 0 Å². The molecule has 2 atom stereocenters. The summed E-state index contributed by atoms with van der Waals surface area (Å²) in [6, 6.07) is 1.67. The molecule has 2 nitrogen and oxygen atoms in total. The summed E-state index contributed by atoms with van der Waals surface area (Å²) in [5.74, 6) is 0.871. The van der Waals surface area contributed by atoms with E-state index in [1.807, 2.05) is 0 Å². The van der Waals surface area contributed by atoms with Gasteiger partial charge in [0, 0.05) is 18.6 Å². The minimum Gasteiger partial charge on any atom is -0.312 e. The fourth-order valence-corrected chi connectivity index (χ4v) is 3.45. The molecule has 0 aromatic carbocycles. The fourth-order valence-electron chi connectivity index (χ4n) is 3.45. The van der Waals surface area contributed by atoms with Crippen molar-refractivity contribution in [2.45, 2.75) is 70.9 Å². The topological polar surface area (TPSA) is 15.3 Å². The zero-order valence-electron chi connectivity index (χ0n) is 11.8. The van der Waals surface area contributed by atoms with Crippen molar-refractivity contribution in [2.24, 2.45) is 5.92 Å². The van der Waals surface area contributed by atoms with Crippen LogP contribution in [-0.4, -0.2) is 36.6 Å². The van der Waals surface area contributed by atoms with Gasteiger partial charge in [0.1, 0.15) is 0 Å². The highest BCUT2D eigenvalue weighted by molar-refractivity contribution is 4.93. The molecule has 0 saturated carbocycles. The smallest absolute Gasteiger partial charge is 0.0249 e. The number of hydrogen-bond donors (Lipinski definition) is 1. The van der Waals surface area contributed by atoms with Gasteiger partial charge in [-0.25, -0.2) is 0 Å². The average Bonchev–Trinajstić information content (AvgIpc) is 2.72. The quantitative estimate of drug-likeness (QED) is 0.716. The van der Waals surface area contributed by atoms with Gasteiger partial charge in [-0.2, -0.15) is 0 Å². The zero-order valence-corrected chi connectivity index (χ0v) is 11.8. The summed E-state index contributed by atoms with van der Waals surface area (Å²) in [6.45, 7) is 8.58. The van der Waals surface area contributed by atoms with Crippen LogP contribution in [-0.2, 0) is 0 Å². The molecule has 1 N–H and O–H groups in total. The molecule has 0 spiro atoms. The van der Waals surface area contributed by atoms with Gasteiger partial charge >= 0.3 is 0 Å². The highest BCUT2D eigenvalue weighted by Crippen LogP contribution is 2.27. The first-order chi connectivity index (χ1) is 8.27. The summed E-state index contributed by atoms with van der Waals surface area (Å²) in [5.41, 5.74) is 0. The van der Waals surface area contributed by atoms with E-state index in [4.69, 9.17) is 0 Å². The van der Waals surface area contributed by atoms with Crippen molar-refractivity contribution >= 4 is 0 Å². The third-order valence-electron chi connectivity index (χ3n) is 4.47. The van der Waals surface area contributed by atoms with E-state index in [0.717, 1.165) is 18.0 Å². The Morgan fingerprint density at radius 3 is 2.82 bits per heavy atom.